The number of amides is 1. The molecule has 0 spiro atoms. The summed E-state index contributed by atoms with van der Waals surface area (Å²) in [5.74, 6) is 2.23. The number of anilines is 4. The molecule has 1 heterocycles. The zero-order chi connectivity index (χ0) is 21.3. The fourth-order valence-corrected chi connectivity index (χ4v) is 3.25. The van der Waals surface area contributed by atoms with E-state index in [0.29, 0.717) is 34.8 Å². The van der Waals surface area contributed by atoms with Crippen molar-refractivity contribution in [3.63, 3.8) is 0 Å². The molecule has 0 unspecified atom stereocenters. The van der Waals surface area contributed by atoms with Gasteiger partial charge in [0.2, 0.25) is 17.8 Å². The number of nitrogen functional groups attached to an aromatic ring is 1. The zero-order valence-electron chi connectivity index (χ0n) is 16.3. The van der Waals surface area contributed by atoms with Crippen LogP contribution >= 0.6 is 23.4 Å². The molecule has 0 saturated heterocycles. The molecule has 3 rings (SSSR count). The van der Waals surface area contributed by atoms with Crippen molar-refractivity contribution in [2.24, 2.45) is 0 Å². The first-order valence-corrected chi connectivity index (χ1v) is 10.7. The number of hydrogen-bond acceptors (Lipinski definition) is 8. The average molecular weight is 445 g/mol. The van der Waals surface area contributed by atoms with Crippen molar-refractivity contribution in [3.05, 3.63) is 59.4 Å². The number of nitrogens with two attached hydrogens (primary N) is 1. The fourth-order valence-electron chi connectivity index (χ4n) is 2.45. The fraction of sp³-hybridized carbons (Fsp3) is 0.200. The van der Waals surface area contributed by atoms with Crippen LogP contribution in [0.4, 0.5) is 23.3 Å². The van der Waals surface area contributed by atoms with Gasteiger partial charge in [-0.3, -0.25) is 4.79 Å². The number of rotatable bonds is 9. The van der Waals surface area contributed by atoms with Gasteiger partial charge in [0.05, 0.1) is 18.1 Å². The van der Waals surface area contributed by atoms with Crippen LogP contribution in [0.3, 0.4) is 0 Å². The van der Waals surface area contributed by atoms with E-state index in [2.05, 4.69) is 25.6 Å². The van der Waals surface area contributed by atoms with Gasteiger partial charge in [-0.2, -0.15) is 15.0 Å². The molecule has 0 aliphatic carbocycles. The van der Waals surface area contributed by atoms with E-state index in [-0.39, 0.29) is 17.6 Å². The van der Waals surface area contributed by atoms with E-state index in [1.54, 1.807) is 24.3 Å². The van der Waals surface area contributed by atoms with Gasteiger partial charge in [0.1, 0.15) is 11.6 Å². The Hall–Kier alpha value is -3.04. The highest BCUT2D eigenvalue weighted by Crippen LogP contribution is 2.19. The Bertz CT molecular complexity index is 986. The summed E-state index contributed by atoms with van der Waals surface area (Å²) in [6.45, 7) is 2.52. The number of halogens is 1. The normalized spacial score (nSPS) is 10.5. The highest BCUT2D eigenvalue weighted by molar-refractivity contribution is 7.99. The molecule has 1 amide bonds. The van der Waals surface area contributed by atoms with Crippen LogP contribution in [0.1, 0.15) is 12.7 Å². The van der Waals surface area contributed by atoms with Gasteiger partial charge in [-0.05, 0) is 55.5 Å². The number of ether oxygens (including phenoxy) is 1. The molecular formula is C20H21ClN6O2S. The van der Waals surface area contributed by atoms with Gasteiger partial charge in [0.25, 0.3) is 0 Å². The molecule has 1 aromatic heterocycles. The third-order valence-corrected chi connectivity index (χ3v) is 4.89. The Morgan fingerprint density at radius 3 is 2.47 bits per heavy atom. The van der Waals surface area contributed by atoms with Crippen LogP contribution in [0.2, 0.25) is 5.02 Å². The molecule has 0 fully saturated rings. The second-order valence-electron chi connectivity index (χ2n) is 6.06. The SMILES string of the molecule is CCOc1ccc(NC(=O)CSCc2nc(N)nc(Nc3ccc(Cl)cc3)n2)cc1. The van der Waals surface area contributed by atoms with E-state index >= 15 is 0 Å². The number of carbonyl (C=O) groups is 1. The quantitative estimate of drug-likeness (QED) is 0.451. The molecule has 0 atom stereocenters. The summed E-state index contributed by atoms with van der Waals surface area (Å²) in [5, 5.41) is 6.53. The first-order valence-electron chi connectivity index (χ1n) is 9.15. The number of aromatic nitrogens is 3. The smallest absolute Gasteiger partial charge is 0.234 e. The summed E-state index contributed by atoms with van der Waals surface area (Å²) >= 11 is 7.27. The van der Waals surface area contributed by atoms with Crippen LogP contribution in [-0.4, -0.2) is 33.2 Å². The Morgan fingerprint density at radius 1 is 1.07 bits per heavy atom. The summed E-state index contributed by atoms with van der Waals surface area (Å²) in [7, 11) is 0. The van der Waals surface area contributed by atoms with E-state index in [1.807, 2.05) is 31.2 Å². The number of hydrogen-bond donors (Lipinski definition) is 3. The number of thioether (sulfide) groups is 1. The van der Waals surface area contributed by atoms with Crippen molar-refractivity contribution >= 4 is 52.5 Å². The van der Waals surface area contributed by atoms with Gasteiger partial charge in [-0.1, -0.05) is 11.6 Å². The highest BCUT2D eigenvalue weighted by atomic mass is 35.5. The maximum Gasteiger partial charge on any atom is 0.234 e. The summed E-state index contributed by atoms with van der Waals surface area (Å²) in [5.41, 5.74) is 7.27. The maximum absolute atomic E-state index is 12.2. The summed E-state index contributed by atoms with van der Waals surface area (Å²) < 4.78 is 5.38. The molecule has 156 valence electrons. The van der Waals surface area contributed by atoms with Gasteiger partial charge in [-0.25, -0.2) is 0 Å². The lowest BCUT2D eigenvalue weighted by atomic mass is 10.3. The van der Waals surface area contributed by atoms with Crippen molar-refractivity contribution in [1.82, 2.24) is 15.0 Å². The lowest BCUT2D eigenvalue weighted by molar-refractivity contribution is -0.113. The third-order valence-electron chi connectivity index (χ3n) is 3.71. The molecular weight excluding hydrogens is 424 g/mol. The summed E-state index contributed by atoms with van der Waals surface area (Å²) in [6, 6.07) is 14.4. The number of nitrogens with zero attached hydrogens (tertiary/aromatic N) is 3. The van der Waals surface area contributed by atoms with E-state index in [1.165, 1.54) is 11.8 Å². The van der Waals surface area contributed by atoms with Crippen molar-refractivity contribution in [2.75, 3.05) is 28.7 Å². The largest absolute Gasteiger partial charge is 0.494 e. The maximum atomic E-state index is 12.2. The van der Waals surface area contributed by atoms with E-state index in [0.717, 1.165) is 11.4 Å². The Morgan fingerprint density at radius 2 is 1.77 bits per heavy atom. The Balaban J connectivity index is 1.50. The minimum absolute atomic E-state index is 0.107. The van der Waals surface area contributed by atoms with Crippen molar-refractivity contribution in [3.8, 4) is 5.75 Å². The summed E-state index contributed by atoms with van der Waals surface area (Å²) in [6.07, 6.45) is 0. The topological polar surface area (TPSA) is 115 Å². The first-order chi connectivity index (χ1) is 14.5. The molecule has 2 aromatic carbocycles. The number of benzene rings is 2. The first kappa shape index (κ1) is 21.7. The van der Waals surface area contributed by atoms with Crippen LogP contribution in [0.25, 0.3) is 0 Å². The van der Waals surface area contributed by atoms with Gasteiger partial charge >= 0.3 is 0 Å². The van der Waals surface area contributed by atoms with Crippen molar-refractivity contribution in [1.29, 1.82) is 0 Å². The molecule has 10 heteroatoms. The Kier molecular flexibility index (Phi) is 7.69. The van der Waals surface area contributed by atoms with Gasteiger partial charge in [0.15, 0.2) is 0 Å². The molecule has 3 aromatic rings. The van der Waals surface area contributed by atoms with Crippen LogP contribution in [0.15, 0.2) is 48.5 Å². The predicted octanol–water partition coefficient (Wildman–Crippen LogP) is 4.12. The molecule has 0 saturated carbocycles. The van der Waals surface area contributed by atoms with Crippen LogP contribution in [0, 0.1) is 0 Å². The molecule has 0 aliphatic rings. The van der Waals surface area contributed by atoms with Crippen LogP contribution in [0.5, 0.6) is 5.75 Å². The van der Waals surface area contributed by atoms with Crippen LogP contribution in [-0.2, 0) is 10.5 Å². The van der Waals surface area contributed by atoms with Crippen LogP contribution < -0.4 is 21.1 Å². The van der Waals surface area contributed by atoms with Gasteiger partial charge in [-0.15, -0.1) is 11.8 Å². The molecule has 30 heavy (non-hydrogen) atoms. The van der Waals surface area contributed by atoms with Crippen molar-refractivity contribution in [2.45, 2.75) is 12.7 Å². The van der Waals surface area contributed by atoms with E-state index in [4.69, 9.17) is 22.1 Å². The monoisotopic (exact) mass is 444 g/mol. The average Bonchev–Trinajstić information content (AvgIpc) is 2.71. The predicted molar refractivity (Wildman–Crippen MR) is 121 cm³/mol. The molecule has 8 nitrogen and oxygen atoms in total. The lowest BCUT2D eigenvalue weighted by Gasteiger charge is -2.08. The second kappa shape index (κ2) is 10.7. The molecule has 0 aliphatic heterocycles. The van der Waals surface area contributed by atoms with Crippen molar-refractivity contribution < 1.29 is 9.53 Å². The summed E-state index contributed by atoms with van der Waals surface area (Å²) in [4.78, 5) is 24.7. The number of nitrogens with one attached hydrogen (secondary N) is 2. The standard InChI is InChI=1S/C20H21ClN6O2S/c1-2-29-16-9-7-14(8-10-16)23-18(28)12-30-11-17-25-19(22)27-20(26-17)24-15-5-3-13(21)4-6-15/h3-10H,2,11-12H2,1H3,(H,23,28)(H3,22,24,25,26,27). The van der Waals surface area contributed by atoms with Gasteiger partial charge in [0, 0.05) is 16.4 Å². The zero-order valence-corrected chi connectivity index (χ0v) is 17.8. The van der Waals surface area contributed by atoms with E-state index < -0.39 is 0 Å². The highest BCUT2D eigenvalue weighted by Gasteiger charge is 2.08. The van der Waals surface area contributed by atoms with E-state index in [9.17, 15) is 4.79 Å². The molecule has 0 radical (unpaired) electrons. The second-order valence-corrected chi connectivity index (χ2v) is 7.49. The number of carbonyl (C=O) groups excluding carboxylic acids is 1. The minimum Gasteiger partial charge on any atom is -0.494 e. The Labute approximate surface area is 183 Å². The molecule has 4 N–H and O–H groups in total. The molecule has 0 bridgehead atoms. The third kappa shape index (κ3) is 6.78. The minimum atomic E-state index is -0.120. The lowest BCUT2D eigenvalue weighted by Crippen LogP contribution is -2.14. The van der Waals surface area contributed by atoms with Gasteiger partial charge < -0.3 is 21.1 Å².